The summed E-state index contributed by atoms with van der Waals surface area (Å²) in [4.78, 5) is 14.0. The number of rotatable bonds is 5. The molecule has 21 heavy (non-hydrogen) atoms. The van der Waals surface area contributed by atoms with Crippen LogP contribution >= 0.6 is 23.2 Å². The fraction of sp³-hybridized carbons (Fsp3) is 0.400. The normalized spacial score (nSPS) is 16.3. The lowest BCUT2D eigenvalue weighted by Gasteiger charge is -2.26. The number of nitrogens with zero attached hydrogens (tertiary/aromatic N) is 1. The summed E-state index contributed by atoms with van der Waals surface area (Å²) in [5.74, 6) is -0.116. The highest BCUT2D eigenvalue weighted by molar-refractivity contribution is 6.42. The molecule has 0 aromatic heterocycles. The maximum atomic E-state index is 11.7. The summed E-state index contributed by atoms with van der Waals surface area (Å²) in [6.07, 6.45) is 3.21. The summed E-state index contributed by atoms with van der Waals surface area (Å²) in [6.45, 7) is 4.86. The second-order valence-electron chi connectivity index (χ2n) is 4.75. The van der Waals surface area contributed by atoms with E-state index in [1.165, 1.54) is 6.08 Å². The van der Waals surface area contributed by atoms with Crippen molar-refractivity contribution in [3.8, 4) is 0 Å². The first-order valence-electron chi connectivity index (χ1n) is 6.86. The Balaban J connectivity index is 1.73. The largest absolute Gasteiger partial charge is 0.379 e. The molecule has 1 fully saturated rings. The quantitative estimate of drug-likeness (QED) is 0.844. The van der Waals surface area contributed by atoms with Crippen LogP contribution < -0.4 is 5.32 Å². The van der Waals surface area contributed by atoms with Gasteiger partial charge in [-0.2, -0.15) is 0 Å². The molecule has 0 saturated carbocycles. The van der Waals surface area contributed by atoms with E-state index in [0.29, 0.717) is 16.6 Å². The lowest BCUT2D eigenvalue weighted by atomic mass is 10.2. The van der Waals surface area contributed by atoms with Crippen molar-refractivity contribution >= 4 is 35.2 Å². The highest BCUT2D eigenvalue weighted by Crippen LogP contribution is 2.22. The van der Waals surface area contributed by atoms with E-state index in [4.69, 9.17) is 27.9 Å². The summed E-state index contributed by atoms with van der Waals surface area (Å²) in [7, 11) is 0. The third-order valence-electron chi connectivity index (χ3n) is 3.20. The lowest BCUT2D eigenvalue weighted by molar-refractivity contribution is -0.116. The number of carbonyl (C=O) groups is 1. The number of hydrogen-bond donors (Lipinski definition) is 1. The third kappa shape index (κ3) is 5.67. The molecule has 0 bridgehead atoms. The molecule has 0 atom stereocenters. The number of hydrogen-bond acceptors (Lipinski definition) is 3. The minimum atomic E-state index is -0.116. The van der Waals surface area contributed by atoms with Crippen molar-refractivity contribution < 1.29 is 9.53 Å². The first kappa shape index (κ1) is 16.3. The van der Waals surface area contributed by atoms with Crippen LogP contribution in [0.1, 0.15) is 5.56 Å². The van der Waals surface area contributed by atoms with Gasteiger partial charge in [0.15, 0.2) is 0 Å². The van der Waals surface area contributed by atoms with E-state index in [-0.39, 0.29) is 5.91 Å². The van der Waals surface area contributed by atoms with Gasteiger partial charge in [0, 0.05) is 32.3 Å². The summed E-state index contributed by atoms with van der Waals surface area (Å²) < 4.78 is 5.27. The average Bonchev–Trinajstić information content (AvgIpc) is 2.49. The van der Waals surface area contributed by atoms with E-state index < -0.39 is 0 Å². The van der Waals surface area contributed by atoms with Crippen LogP contribution in [0.4, 0.5) is 0 Å². The minimum absolute atomic E-state index is 0.116. The molecular weight excluding hydrogens is 311 g/mol. The molecule has 0 unspecified atom stereocenters. The van der Waals surface area contributed by atoms with Crippen molar-refractivity contribution in [1.82, 2.24) is 10.2 Å². The van der Waals surface area contributed by atoms with Gasteiger partial charge in [0.2, 0.25) is 5.91 Å². The van der Waals surface area contributed by atoms with Crippen LogP contribution in [0.5, 0.6) is 0 Å². The molecule has 1 aromatic carbocycles. The van der Waals surface area contributed by atoms with Crippen molar-refractivity contribution in [2.45, 2.75) is 0 Å². The molecule has 1 amide bonds. The molecule has 1 aliphatic rings. The molecule has 0 aliphatic carbocycles. The zero-order valence-corrected chi connectivity index (χ0v) is 13.2. The molecule has 0 radical (unpaired) electrons. The highest BCUT2D eigenvalue weighted by atomic mass is 35.5. The predicted molar refractivity (Wildman–Crippen MR) is 85.8 cm³/mol. The lowest BCUT2D eigenvalue weighted by Crippen LogP contribution is -2.41. The Bertz CT molecular complexity index is 514. The minimum Gasteiger partial charge on any atom is -0.379 e. The average molecular weight is 329 g/mol. The first-order valence-corrected chi connectivity index (χ1v) is 7.62. The van der Waals surface area contributed by atoms with Gasteiger partial charge in [0.25, 0.3) is 0 Å². The van der Waals surface area contributed by atoms with Crippen LogP contribution in [0.2, 0.25) is 10.0 Å². The van der Waals surface area contributed by atoms with E-state index in [1.54, 1.807) is 18.2 Å². The number of amides is 1. The predicted octanol–water partition coefficient (Wildman–Crippen LogP) is 2.46. The molecule has 1 heterocycles. The smallest absolute Gasteiger partial charge is 0.244 e. The van der Waals surface area contributed by atoms with Gasteiger partial charge in [-0.05, 0) is 23.8 Å². The molecule has 6 heteroatoms. The van der Waals surface area contributed by atoms with Crippen LogP contribution in [-0.4, -0.2) is 50.2 Å². The molecule has 1 aromatic rings. The Morgan fingerprint density at radius 2 is 2.05 bits per heavy atom. The van der Waals surface area contributed by atoms with Gasteiger partial charge in [0.05, 0.1) is 23.3 Å². The van der Waals surface area contributed by atoms with Crippen LogP contribution in [0, 0.1) is 0 Å². The third-order valence-corrected chi connectivity index (χ3v) is 3.94. The van der Waals surface area contributed by atoms with Gasteiger partial charge in [-0.3, -0.25) is 9.69 Å². The van der Waals surface area contributed by atoms with Crippen LogP contribution in [0.25, 0.3) is 6.08 Å². The monoisotopic (exact) mass is 328 g/mol. The van der Waals surface area contributed by atoms with Crippen LogP contribution in [0.15, 0.2) is 24.3 Å². The zero-order chi connectivity index (χ0) is 15.1. The molecule has 2 rings (SSSR count). The number of morpholine rings is 1. The molecule has 114 valence electrons. The maximum absolute atomic E-state index is 11.7. The van der Waals surface area contributed by atoms with E-state index in [2.05, 4.69) is 10.2 Å². The van der Waals surface area contributed by atoms with Gasteiger partial charge >= 0.3 is 0 Å². The molecule has 1 aliphatic heterocycles. The Morgan fingerprint density at radius 3 is 2.76 bits per heavy atom. The number of ether oxygens (including phenoxy) is 1. The highest BCUT2D eigenvalue weighted by Gasteiger charge is 2.09. The van der Waals surface area contributed by atoms with Crippen molar-refractivity contribution in [1.29, 1.82) is 0 Å². The van der Waals surface area contributed by atoms with Crippen molar-refractivity contribution in [3.05, 3.63) is 39.9 Å². The standard InChI is InChI=1S/C15H18Cl2N2O2/c16-13-3-1-12(11-14(13)17)2-4-15(20)18-5-6-19-7-9-21-10-8-19/h1-4,11H,5-10H2,(H,18,20)/b4-2+. The fourth-order valence-corrected chi connectivity index (χ4v) is 2.32. The van der Waals surface area contributed by atoms with Gasteiger partial charge in [0.1, 0.15) is 0 Å². The molecule has 1 N–H and O–H groups in total. The summed E-state index contributed by atoms with van der Waals surface area (Å²) in [5, 5.41) is 3.84. The van der Waals surface area contributed by atoms with Crippen LogP contribution in [0.3, 0.4) is 0 Å². The topological polar surface area (TPSA) is 41.6 Å². The number of carbonyl (C=O) groups excluding carboxylic acids is 1. The fourth-order valence-electron chi connectivity index (χ4n) is 2.01. The SMILES string of the molecule is O=C(/C=C/c1ccc(Cl)c(Cl)c1)NCCN1CCOCC1. The van der Waals surface area contributed by atoms with E-state index in [9.17, 15) is 4.79 Å². The zero-order valence-electron chi connectivity index (χ0n) is 11.6. The Hall–Kier alpha value is -1.07. The van der Waals surface area contributed by atoms with Gasteiger partial charge in [-0.25, -0.2) is 0 Å². The number of nitrogens with one attached hydrogen (secondary N) is 1. The molecule has 4 nitrogen and oxygen atoms in total. The Kier molecular flexibility index (Phi) is 6.51. The second-order valence-corrected chi connectivity index (χ2v) is 5.57. The number of benzene rings is 1. The van der Waals surface area contributed by atoms with Gasteiger partial charge in [-0.15, -0.1) is 0 Å². The summed E-state index contributed by atoms with van der Waals surface area (Å²) >= 11 is 11.8. The van der Waals surface area contributed by atoms with Gasteiger partial charge in [-0.1, -0.05) is 29.3 Å². The molecule has 1 saturated heterocycles. The van der Waals surface area contributed by atoms with E-state index >= 15 is 0 Å². The first-order chi connectivity index (χ1) is 10.1. The van der Waals surface area contributed by atoms with Crippen molar-refractivity contribution in [2.75, 3.05) is 39.4 Å². The maximum Gasteiger partial charge on any atom is 0.244 e. The van der Waals surface area contributed by atoms with Gasteiger partial charge < -0.3 is 10.1 Å². The summed E-state index contributed by atoms with van der Waals surface area (Å²) in [6, 6.07) is 5.24. The molecule has 0 spiro atoms. The summed E-state index contributed by atoms with van der Waals surface area (Å²) in [5.41, 5.74) is 0.840. The second kappa shape index (κ2) is 8.39. The van der Waals surface area contributed by atoms with Crippen molar-refractivity contribution in [3.63, 3.8) is 0 Å². The Labute approximate surface area is 134 Å². The molecular formula is C15H18Cl2N2O2. The van der Waals surface area contributed by atoms with Crippen molar-refractivity contribution in [2.24, 2.45) is 0 Å². The van der Waals surface area contributed by atoms with Crippen LogP contribution in [-0.2, 0) is 9.53 Å². The van der Waals surface area contributed by atoms with E-state index in [0.717, 1.165) is 38.4 Å². The Morgan fingerprint density at radius 1 is 1.29 bits per heavy atom. The number of halogens is 2. The van der Waals surface area contributed by atoms with E-state index in [1.807, 2.05) is 6.07 Å².